The van der Waals surface area contributed by atoms with Crippen LogP contribution in [0.25, 0.3) is 0 Å². The van der Waals surface area contributed by atoms with E-state index in [2.05, 4.69) is 0 Å². The number of rotatable bonds is 3. The average molecular weight is 207 g/mol. The van der Waals surface area contributed by atoms with E-state index in [0.29, 0.717) is 0 Å². The fourth-order valence-corrected chi connectivity index (χ4v) is 0.716. The second-order valence-electron chi connectivity index (χ2n) is 1.66. The first kappa shape index (κ1) is 11.2. The summed E-state index contributed by atoms with van der Waals surface area (Å²) in [6.07, 6.45) is 0. The first-order chi connectivity index (χ1) is 5.17. The van der Waals surface area contributed by atoms with Crippen molar-refractivity contribution in [2.24, 2.45) is 0 Å². The minimum Gasteiger partial charge on any atom is -0.480 e. The molecule has 0 amide bonds. The predicted octanol–water partition coefficient (Wildman–Crippen LogP) is -0.490. The highest BCUT2D eigenvalue weighted by molar-refractivity contribution is 7.90. The van der Waals surface area contributed by atoms with Gasteiger partial charge in [-0.15, -0.1) is 0 Å². The lowest BCUT2D eigenvalue weighted by molar-refractivity contribution is -0.135. The molecule has 0 aromatic heterocycles. The van der Waals surface area contributed by atoms with E-state index < -0.39 is 28.0 Å². The van der Waals surface area contributed by atoms with Crippen molar-refractivity contribution in [2.45, 2.75) is 5.51 Å². The maximum atomic E-state index is 11.4. The molecule has 0 aromatic rings. The Morgan fingerprint density at radius 1 is 1.42 bits per heavy atom. The number of carboxylic acids is 1. The fourth-order valence-electron chi connectivity index (χ4n) is 0.239. The first-order valence-electron chi connectivity index (χ1n) is 2.44. The van der Waals surface area contributed by atoms with Crippen LogP contribution < -0.4 is 4.72 Å². The molecule has 5 nitrogen and oxygen atoms in total. The van der Waals surface area contributed by atoms with E-state index in [0.717, 1.165) is 4.72 Å². The van der Waals surface area contributed by atoms with Crippen LogP contribution in [0.1, 0.15) is 0 Å². The van der Waals surface area contributed by atoms with Gasteiger partial charge in [0.25, 0.3) is 0 Å². The van der Waals surface area contributed by atoms with Gasteiger partial charge in [-0.3, -0.25) is 4.79 Å². The van der Waals surface area contributed by atoms with E-state index in [1.54, 1.807) is 0 Å². The van der Waals surface area contributed by atoms with E-state index in [4.69, 9.17) is 5.11 Å². The van der Waals surface area contributed by atoms with Crippen molar-refractivity contribution in [3.8, 4) is 0 Å². The smallest absolute Gasteiger partial charge is 0.480 e. The molecule has 0 fully saturated rings. The van der Waals surface area contributed by atoms with Crippen LogP contribution in [-0.4, -0.2) is 31.5 Å². The lowest BCUT2D eigenvalue weighted by Gasteiger charge is -2.06. The molecular weight excluding hydrogens is 203 g/mol. The molecule has 9 heteroatoms. The van der Waals surface area contributed by atoms with Crippen LogP contribution in [0.15, 0.2) is 0 Å². The van der Waals surface area contributed by atoms with Gasteiger partial charge in [-0.25, -0.2) is 8.42 Å². The van der Waals surface area contributed by atoms with Gasteiger partial charge >= 0.3 is 21.5 Å². The van der Waals surface area contributed by atoms with E-state index in [9.17, 15) is 26.4 Å². The molecule has 0 unspecified atom stereocenters. The van der Waals surface area contributed by atoms with Gasteiger partial charge in [0.05, 0.1) is 0 Å². The SMILES string of the molecule is O=C(O)CNS(=O)(=O)C(F)(F)F. The van der Waals surface area contributed by atoms with Crippen molar-refractivity contribution in [1.29, 1.82) is 0 Å². The molecule has 12 heavy (non-hydrogen) atoms. The summed E-state index contributed by atoms with van der Waals surface area (Å²) in [6, 6.07) is 0. The maximum Gasteiger partial charge on any atom is 0.511 e. The van der Waals surface area contributed by atoms with Gasteiger partial charge in [0.1, 0.15) is 6.54 Å². The number of hydrogen-bond donors (Lipinski definition) is 2. The second kappa shape index (κ2) is 3.27. The van der Waals surface area contributed by atoms with Crippen LogP contribution in [-0.2, 0) is 14.8 Å². The number of halogens is 3. The molecule has 0 atom stereocenters. The Balaban J connectivity index is 4.37. The highest BCUT2D eigenvalue weighted by atomic mass is 32.2. The van der Waals surface area contributed by atoms with Gasteiger partial charge in [-0.1, -0.05) is 0 Å². The van der Waals surface area contributed by atoms with Crippen molar-refractivity contribution in [1.82, 2.24) is 4.72 Å². The number of sulfonamides is 1. The third-order valence-corrected chi connectivity index (χ3v) is 1.85. The number of carboxylic acid groups (broad SMARTS) is 1. The normalized spacial score (nSPS) is 12.9. The zero-order chi connectivity index (χ0) is 9.99. The molecule has 0 radical (unpaired) electrons. The lowest BCUT2D eigenvalue weighted by atomic mass is 10.7. The van der Waals surface area contributed by atoms with Crippen LogP contribution in [0, 0.1) is 0 Å². The first-order valence-corrected chi connectivity index (χ1v) is 3.93. The van der Waals surface area contributed by atoms with E-state index in [1.165, 1.54) is 0 Å². The number of hydrogen-bond acceptors (Lipinski definition) is 3. The molecule has 0 aliphatic carbocycles. The zero-order valence-electron chi connectivity index (χ0n) is 5.42. The standard InChI is InChI=1S/C3H4F3NO4S/c4-3(5,6)12(10,11)7-1-2(8)9/h7H,1H2,(H,8,9). The average Bonchev–Trinajstić information content (AvgIpc) is 1.81. The van der Waals surface area contributed by atoms with Crippen LogP contribution in [0.5, 0.6) is 0 Å². The molecule has 0 saturated heterocycles. The molecule has 0 rings (SSSR count). The van der Waals surface area contributed by atoms with Crippen molar-refractivity contribution in [2.75, 3.05) is 6.54 Å². The van der Waals surface area contributed by atoms with Gasteiger partial charge < -0.3 is 5.11 Å². The Labute approximate surface area is 65.2 Å². The summed E-state index contributed by atoms with van der Waals surface area (Å²) in [5, 5.41) is 7.85. The molecule has 72 valence electrons. The molecule has 0 spiro atoms. The summed E-state index contributed by atoms with van der Waals surface area (Å²) in [7, 11) is -5.52. The molecule has 0 saturated carbocycles. The van der Waals surface area contributed by atoms with Crippen molar-refractivity contribution in [3.05, 3.63) is 0 Å². The summed E-state index contributed by atoms with van der Waals surface area (Å²) in [5.41, 5.74) is -5.47. The molecular formula is C3H4F3NO4S. The summed E-state index contributed by atoms with van der Waals surface area (Å²) in [4.78, 5) is 9.68. The van der Waals surface area contributed by atoms with Gasteiger partial charge in [0.2, 0.25) is 0 Å². The topological polar surface area (TPSA) is 83.5 Å². The maximum absolute atomic E-state index is 11.4. The number of alkyl halides is 3. The minimum absolute atomic E-state index is 0.846. The fraction of sp³-hybridized carbons (Fsp3) is 0.667. The highest BCUT2D eigenvalue weighted by Crippen LogP contribution is 2.20. The van der Waals surface area contributed by atoms with E-state index in [-0.39, 0.29) is 0 Å². The third kappa shape index (κ3) is 3.05. The Bertz CT molecular complexity index is 268. The number of nitrogens with one attached hydrogen (secondary N) is 1. The van der Waals surface area contributed by atoms with Crippen LogP contribution in [0.3, 0.4) is 0 Å². The minimum atomic E-state index is -5.52. The zero-order valence-corrected chi connectivity index (χ0v) is 6.24. The molecule has 2 N–H and O–H groups in total. The van der Waals surface area contributed by atoms with Crippen LogP contribution >= 0.6 is 0 Å². The van der Waals surface area contributed by atoms with E-state index in [1.807, 2.05) is 0 Å². The van der Waals surface area contributed by atoms with Gasteiger partial charge in [-0.2, -0.15) is 17.9 Å². The summed E-state index contributed by atoms with van der Waals surface area (Å²) < 4.78 is 55.3. The largest absolute Gasteiger partial charge is 0.511 e. The van der Waals surface area contributed by atoms with Crippen LogP contribution in [0.2, 0.25) is 0 Å². The highest BCUT2D eigenvalue weighted by Gasteiger charge is 2.45. The Morgan fingerprint density at radius 2 is 1.83 bits per heavy atom. The molecule has 0 aliphatic heterocycles. The summed E-state index contributed by atoms with van der Waals surface area (Å²) >= 11 is 0. The molecule has 0 bridgehead atoms. The quantitative estimate of drug-likeness (QED) is 0.654. The Morgan fingerprint density at radius 3 is 2.08 bits per heavy atom. The molecule has 0 heterocycles. The van der Waals surface area contributed by atoms with Crippen LogP contribution in [0.4, 0.5) is 13.2 Å². The second-order valence-corrected chi connectivity index (χ2v) is 3.42. The van der Waals surface area contributed by atoms with Gasteiger partial charge in [0.15, 0.2) is 0 Å². The number of aliphatic carboxylic acids is 1. The van der Waals surface area contributed by atoms with Crippen molar-refractivity contribution < 1.29 is 31.5 Å². The lowest BCUT2D eigenvalue weighted by Crippen LogP contribution is -2.39. The predicted molar refractivity (Wildman–Crippen MR) is 30.6 cm³/mol. The third-order valence-electron chi connectivity index (χ3n) is 0.718. The Kier molecular flexibility index (Phi) is 3.04. The molecule has 0 aliphatic rings. The van der Waals surface area contributed by atoms with Gasteiger partial charge in [0, 0.05) is 0 Å². The molecule has 0 aromatic carbocycles. The monoisotopic (exact) mass is 207 g/mol. The van der Waals surface area contributed by atoms with Gasteiger partial charge in [-0.05, 0) is 0 Å². The number of carbonyl (C=O) groups is 1. The van der Waals surface area contributed by atoms with E-state index >= 15 is 0 Å². The Hall–Kier alpha value is -0.830. The van der Waals surface area contributed by atoms with Crippen molar-refractivity contribution >= 4 is 16.0 Å². The summed E-state index contributed by atoms with van der Waals surface area (Å²) in [6.45, 7) is -1.29. The summed E-state index contributed by atoms with van der Waals surface area (Å²) in [5.74, 6) is -1.69. The van der Waals surface area contributed by atoms with Crippen molar-refractivity contribution in [3.63, 3.8) is 0 Å².